The van der Waals surface area contributed by atoms with Crippen LogP contribution in [0.1, 0.15) is 52.4 Å². The number of fused-ring (bicyclic) bond motifs is 2. The normalized spacial score (nSPS) is 38.5. The molecule has 2 nitrogen and oxygen atoms in total. The van der Waals surface area contributed by atoms with Gasteiger partial charge in [0.1, 0.15) is 0 Å². The van der Waals surface area contributed by atoms with Crippen molar-refractivity contribution in [1.29, 1.82) is 0 Å². The van der Waals surface area contributed by atoms with Crippen LogP contribution >= 0.6 is 0 Å². The highest BCUT2D eigenvalue weighted by Crippen LogP contribution is 2.44. The highest BCUT2D eigenvalue weighted by molar-refractivity contribution is 5.11. The third-order valence-electron chi connectivity index (χ3n) is 6.00. The third kappa shape index (κ3) is 3.28. The Balaban J connectivity index is 1.32. The lowest BCUT2D eigenvalue weighted by Gasteiger charge is -2.33. The van der Waals surface area contributed by atoms with Crippen molar-refractivity contribution in [2.24, 2.45) is 17.8 Å². The Bertz CT molecular complexity index is 338. The smallest absolute Gasteiger partial charge is 0.00728 e. The molecule has 1 saturated carbocycles. The summed E-state index contributed by atoms with van der Waals surface area (Å²) < 4.78 is 0. The SMILES string of the molecule is CC(NCCCN1CCCCC1C)C1CC2C=CC1C2. The standard InChI is InChI=1S/C18H32N2/c1-14-6-3-4-10-20(14)11-5-9-19-15(2)18-13-16-7-8-17(18)12-16/h7-8,14-19H,3-6,9-13H2,1-2H3. The lowest BCUT2D eigenvalue weighted by molar-refractivity contribution is 0.157. The number of nitrogens with one attached hydrogen (secondary N) is 1. The number of nitrogens with zero attached hydrogens (tertiary/aromatic N) is 1. The van der Waals surface area contributed by atoms with Crippen LogP contribution in [0.3, 0.4) is 0 Å². The third-order valence-corrected chi connectivity index (χ3v) is 6.00. The van der Waals surface area contributed by atoms with Gasteiger partial charge in [-0.05, 0) is 83.3 Å². The van der Waals surface area contributed by atoms with Gasteiger partial charge in [-0.2, -0.15) is 0 Å². The molecule has 0 aromatic rings. The second-order valence-corrected chi connectivity index (χ2v) is 7.42. The van der Waals surface area contributed by atoms with E-state index in [1.165, 1.54) is 58.2 Å². The van der Waals surface area contributed by atoms with E-state index in [1.807, 2.05) is 0 Å². The van der Waals surface area contributed by atoms with Crippen molar-refractivity contribution < 1.29 is 0 Å². The lowest BCUT2D eigenvalue weighted by Crippen LogP contribution is -2.40. The molecule has 20 heavy (non-hydrogen) atoms. The van der Waals surface area contributed by atoms with E-state index in [2.05, 4.69) is 36.2 Å². The molecule has 2 aliphatic carbocycles. The maximum absolute atomic E-state index is 3.80. The molecule has 2 bridgehead atoms. The van der Waals surface area contributed by atoms with E-state index >= 15 is 0 Å². The molecule has 1 heterocycles. The van der Waals surface area contributed by atoms with E-state index < -0.39 is 0 Å². The number of hydrogen-bond donors (Lipinski definition) is 1. The van der Waals surface area contributed by atoms with E-state index in [0.717, 1.165) is 23.8 Å². The summed E-state index contributed by atoms with van der Waals surface area (Å²) in [6.07, 6.45) is 13.3. The van der Waals surface area contributed by atoms with Gasteiger partial charge < -0.3 is 10.2 Å². The zero-order valence-corrected chi connectivity index (χ0v) is 13.4. The molecule has 5 atom stereocenters. The summed E-state index contributed by atoms with van der Waals surface area (Å²) in [5, 5.41) is 3.80. The molecule has 2 heteroatoms. The van der Waals surface area contributed by atoms with Crippen LogP contribution < -0.4 is 5.32 Å². The second kappa shape index (κ2) is 6.62. The summed E-state index contributed by atoms with van der Waals surface area (Å²) >= 11 is 0. The average molecular weight is 276 g/mol. The van der Waals surface area contributed by atoms with Crippen LogP contribution in [0.2, 0.25) is 0 Å². The summed E-state index contributed by atoms with van der Waals surface area (Å²) in [4.78, 5) is 2.69. The molecule has 0 radical (unpaired) electrons. The largest absolute Gasteiger partial charge is 0.314 e. The van der Waals surface area contributed by atoms with Gasteiger partial charge in [-0.3, -0.25) is 0 Å². The van der Waals surface area contributed by atoms with Gasteiger partial charge in [0.25, 0.3) is 0 Å². The Morgan fingerprint density at radius 3 is 2.85 bits per heavy atom. The number of likely N-dealkylation sites (tertiary alicyclic amines) is 1. The minimum absolute atomic E-state index is 0.703. The van der Waals surface area contributed by atoms with Gasteiger partial charge in [0.05, 0.1) is 0 Å². The Hall–Kier alpha value is -0.340. The molecule has 3 aliphatic rings. The highest BCUT2D eigenvalue weighted by Gasteiger charge is 2.38. The lowest BCUT2D eigenvalue weighted by atomic mass is 9.87. The van der Waals surface area contributed by atoms with Gasteiger partial charge in [-0.1, -0.05) is 18.6 Å². The fourth-order valence-corrected chi connectivity index (χ4v) is 4.65. The second-order valence-electron chi connectivity index (χ2n) is 7.42. The maximum Gasteiger partial charge on any atom is 0.00728 e. The van der Waals surface area contributed by atoms with Crippen molar-refractivity contribution in [3.05, 3.63) is 12.2 Å². The number of piperidine rings is 1. The van der Waals surface area contributed by atoms with Crippen LogP contribution in [0.25, 0.3) is 0 Å². The first-order valence-corrected chi connectivity index (χ1v) is 8.90. The number of allylic oxidation sites excluding steroid dienone is 2. The van der Waals surface area contributed by atoms with Crippen LogP contribution in [0, 0.1) is 17.8 Å². The van der Waals surface area contributed by atoms with E-state index in [9.17, 15) is 0 Å². The van der Waals surface area contributed by atoms with Gasteiger partial charge in [0, 0.05) is 12.1 Å². The molecule has 5 unspecified atom stereocenters. The Morgan fingerprint density at radius 2 is 2.15 bits per heavy atom. The molecule has 114 valence electrons. The van der Waals surface area contributed by atoms with E-state index in [0.29, 0.717) is 6.04 Å². The predicted molar refractivity (Wildman–Crippen MR) is 85.8 cm³/mol. The first-order valence-electron chi connectivity index (χ1n) is 8.90. The summed E-state index contributed by atoms with van der Waals surface area (Å²) in [6, 6.07) is 1.52. The Kier molecular flexibility index (Phi) is 4.83. The number of rotatable bonds is 6. The van der Waals surface area contributed by atoms with Crippen molar-refractivity contribution >= 4 is 0 Å². The van der Waals surface area contributed by atoms with Gasteiger partial charge in [-0.15, -0.1) is 0 Å². The van der Waals surface area contributed by atoms with Crippen molar-refractivity contribution in [3.63, 3.8) is 0 Å². The van der Waals surface area contributed by atoms with Crippen LogP contribution in [0.5, 0.6) is 0 Å². The fourth-order valence-electron chi connectivity index (χ4n) is 4.65. The van der Waals surface area contributed by atoms with Crippen molar-refractivity contribution in [2.75, 3.05) is 19.6 Å². The summed E-state index contributed by atoms with van der Waals surface area (Å²) in [5.74, 6) is 2.69. The molecule has 0 aromatic heterocycles. The van der Waals surface area contributed by atoms with Crippen molar-refractivity contribution in [3.8, 4) is 0 Å². The average Bonchev–Trinajstić information content (AvgIpc) is 3.07. The topological polar surface area (TPSA) is 15.3 Å². The van der Waals surface area contributed by atoms with Gasteiger partial charge in [-0.25, -0.2) is 0 Å². The predicted octanol–water partition coefficient (Wildman–Crippen LogP) is 3.44. The van der Waals surface area contributed by atoms with Crippen LogP contribution in [-0.2, 0) is 0 Å². The summed E-state index contributed by atoms with van der Waals surface area (Å²) in [7, 11) is 0. The molecule has 1 saturated heterocycles. The zero-order valence-electron chi connectivity index (χ0n) is 13.4. The van der Waals surface area contributed by atoms with E-state index in [1.54, 1.807) is 0 Å². The van der Waals surface area contributed by atoms with Gasteiger partial charge in [0.15, 0.2) is 0 Å². The first kappa shape index (κ1) is 14.6. The molecule has 0 spiro atoms. The van der Waals surface area contributed by atoms with E-state index in [-0.39, 0.29) is 0 Å². The van der Waals surface area contributed by atoms with Crippen LogP contribution in [0.4, 0.5) is 0 Å². The van der Waals surface area contributed by atoms with Crippen LogP contribution in [-0.4, -0.2) is 36.6 Å². The van der Waals surface area contributed by atoms with Gasteiger partial charge >= 0.3 is 0 Å². The molecular weight excluding hydrogens is 244 g/mol. The summed E-state index contributed by atoms with van der Waals surface area (Å²) in [6.45, 7) is 8.62. The van der Waals surface area contributed by atoms with Gasteiger partial charge in [0.2, 0.25) is 0 Å². The molecule has 0 aromatic carbocycles. The van der Waals surface area contributed by atoms with Crippen molar-refractivity contribution in [2.45, 2.75) is 64.5 Å². The first-order chi connectivity index (χ1) is 9.74. The molecule has 1 aliphatic heterocycles. The fraction of sp³-hybridized carbons (Fsp3) is 0.889. The molecule has 0 amide bonds. The summed E-state index contributed by atoms with van der Waals surface area (Å²) in [5.41, 5.74) is 0. The van der Waals surface area contributed by atoms with E-state index in [4.69, 9.17) is 0 Å². The molecule has 3 rings (SSSR count). The maximum atomic E-state index is 3.80. The van der Waals surface area contributed by atoms with Crippen LogP contribution in [0.15, 0.2) is 12.2 Å². The zero-order chi connectivity index (χ0) is 13.9. The molecular formula is C18H32N2. The molecule has 1 N–H and O–H groups in total. The monoisotopic (exact) mass is 276 g/mol. The quantitative estimate of drug-likeness (QED) is 0.590. The molecule has 2 fully saturated rings. The minimum Gasteiger partial charge on any atom is -0.314 e. The Labute approximate surface area is 125 Å². The number of hydrogen-bond acceptors (Lipinski definition) is 2. The minimum atomic E-state index is 0.703. The Morgan fingerprint density at radius 1 is 1.25 bits per heavy atom. The highest BCUT2D eigenvalue weighted by atomic mass is 15.2. The van der Waals surface area contributed by atoms with Crippen molar-refractivity contribution in [1.82, 2.24) is 10.2 Å².